The van der Waals surface area contributed by atoms with Crippen molar-refractivity contribution in [1.82, 2.24) is 0 Å². The second-order valence-electron chi connectivity index (χ2n) is 3.92. The third-order valence-corrected chi connectivity index (χ3v) is 4.01. The van der Waals surface area contributed by atoms with Gasteiger partial charge in [0.15, 0.2) is 9.84 Å². The fourth-order valence-electron chi connectivity index (χ4n) is 1.25. The van der Waals surface area contributed by atoms with Gasteiger partial charge in [0.1, 0.15) is 11.0 Å². The number of nitrogen functional groups attached to an aromatic ring is 1. The summed E-state index contributed by atoms with van der Waals surface area (Å²) in [5.74, 6) is -0.105. The zero-order valence-corrected chi connectivity index (χ0v) is 11.2. The maximum absolute atomic E-state index is 11.7. The van der Waals surface area contributed by atoms with Gasteiger partial charge >= 0.3 is 0 Å². The number of sulfone groups is 1. The lowest BCUT2D eigenvalue weighted by molar-refractivity contribution is -0.115. The van der Waals surface area contributed by atoms with Crippen molar-refractivity contribution < 1.29 is 17.9 Å². The van der Waals surface area contributed by atoms with Crippen LogP contribution in [0.3, 0.4) is 0 Å². The molecule has 1 rings (SSSR count). The molecule has 1 unspecified atom stereocenters. The molecule has 1 atom stereocenters. The average molecular weight is 272 g/mol. The summed E-state index contributed by atoms with van der Waals surface area (Å²) in [6.07, 6.45) is 1.01. The number of rotatable bonds is 4. The highest BCUT2D eigenvalue weighted by atomic mass is 32.2. The van der Waals surface area contributed by atoms with Crippen molar-refractivity contribution in [1.29, 1.82) is 0 Å². The quantitative estimate of drug-likeness (QED) is 0.784. The van der Waals surface area contributed by atoms with Gasteiger partial charge < -0.3 is 15.8 Å². The van der Waals surface area contributed by atoms with Crippen LogP contribution in [0.1, 0.15) is 6.92 Å². The molecule has 6 nitrogen and oxygen atoms in total. The lowest BCUT2D eigenvalue weighted by atomic mass is 10.2. The first kappa shape index (κ1) is 14.3. The molecular weight excluding hydrogens is 256 g/mol. The number of anilines is 2. The molecule has 0 spiro atoms. The highest BCUT2D eigenvalue weighted by molar-refractivity contribution is 7.92. The number of hydrogen-bond donors (Lipinski definition) is 2. The van der Waals surface area contributed by atoms with E-state index < -0.39 is 21.0 Å². The Balaban J connectivity index is 2.86. The van der Waals surface area contributed by atoms with Crippen molar-refractivity contribution >= 4 is 27.1 Å². The molecule has 0 saturated heterocycles. The Hall–Kier alpha value is -1.76. The molecule has 3 N–H and O–H groups in total. The van der Waals surface area contributed by atoms with Gasteiger partial charge in [0.25, 0.3) is 0 Å². The minimum atomic E-state index is -3.41. The summed E-state index contributed by atoms with van der Waals surface area (Å²) in [5, 5.41) is 1.38. The van der Waals surface area contributed by atoms with Gasteiger partial charge in [0, 0.05) is 11.9 Å². The van der Waals surface area contributed by atoms with Crippen LogP contribution in [0, 0.1) is 0 Å². The van der Waals surface area contributed by atoms with Crippen LogP contribution in [0.2, 0.25) is 0 Å². The van der Waals surface area contributed by atoms with Gasteiger partial charge in [-0.05, 0) is 25.1 Å². The minimum absolute atomic E-state index is 0.363. The molecule has 0 heterocycles. The number of hydrogen-bond acceptors (Lipinski definition) is 5. The van der Waals surface area contributed by atoms with E-state index in [9.17, 15) is 13.2 Å². The maximum atomic E-state index is 11.7. The Morgan fingerprint density at radius 2 is 2.06 bits per heavy atom. The number of nitrogens with one attached hydrogen (secondary N) is 1. The zero-order chi connectivity index (χ0) is 13.9. The van der Waals surface area contributed by atoms with E-state index in [-0.39, 0.29) is 0 Å². The summed E-state index contributed by atoms with van der Waals surface area (Å²) in [6, 6.07) is 4.68. The molecule has 0 bridgehead atoms. The number of amides is 1. The normalized spacial score (nSPS) is 12.8. The van der Waals surface area contributed by atoms with Gasteiger partial charge in [0.2, 0.25) is 5.91 Å². The number of ether oxygens (including phenoxy) is 1. The predicted octanol–water partition coefficient (Wildman–Crippen LogP) is 0.649. The van der Waals surface area contributed by atoms with Crippen molar-refractivity contribution in [3.8, 4) is 5.75 Å². The largest absolute Gasteiger partial charge is 0.495 e. The van der Waals surface area contributed by atoms with E-state index in [0.717, 1.165) is 6.26 Å². The Labute approximate surface area is 106 Å². The molecule has 0 aliphatic rings. The van der Waals surface area contributed by atoms with Crippen LogP contribution in [0.5, 0.6) is 5.75 Å². The molecule has 18 heavy (non-hydrogen) atoms. The molecule has 0 fully saturated rings. The summed E-state index contributed by atoms with van der Waals surface area (Å²) in [5.41, 5.74) is 6.46. The highest BCUT2D eigenvalue weighted by Crippen LogP contribution is 2.24. The Morgan fingerprint density at radius 1 is 1.44 bits per heavy atom. The van der Waals surface area contributed by atoms with Crippen LogP contribution >= 0.6 is 0 Å². The molecule has 0 saturated carbocycles. The molecule has 0 aliphatic heterocycles. The van der Waals surface area contributed by atoms with Crippen molar-refractivity contribution in [2.24, 2.45) is 0 Å². The average Bonchev–Trinajstić information content (AvgIpc) is 2.27. The molecule has 7 heteroatoms. The summed E-state index contributed by atoms with van der Waals surface area (Å²) < 4.78 is 27.4. The molecule has 100 valence electrons. The van der Waals surface area contributed by atoms with E-state index in [4.69, 9.17) is 10.5 Å². The third kappa shape index (κ3) is 3.36. The van der Waals surface area contributed by atoms with E-state index >= 15 is 0 Å². The first-order valence-corrected chi connectivity index (χ1v) is 7.14. The van der Waals surface area contributed by atoms with Crippen molar-refractivity contribution in [2.75, 3.05) is 24.4 Å². The van der Waals surface area contributed by atoms with Gasteiger partial charge in [-0.2, -0.15) is 0 Å². The van der Waals surface area contributed by atoms with E-state index in [1.165, 1.54) is 20.1 Å². The number of carbonyl (C=O) groups is 1. The fraction of sp³-hybridized carbons (Fsp3) is 0.364. The number of nitrogens with two attached hydrogens (primary N) is 1. The van der Waals surface area contributed by atoms with Crippen LogP contribution in [0.15, 0.2) is 18.2 Å². The topological polar surface area (TPSA) is 98.5 Å². The second kappa shape index (κ2) is 5.26. The number of carbonyl (C=O) groups excluding carboxylic acids is 1. The van der Waals surface area contributed by atoms with Gasteiger partial charge in [-0.15, -0.1) is 0 Å². The van der Waals surface area contributed by atoms with Crippen LogP contribution in [-0.4, -0.2) is 32.9 Å². The summed E-state index contributed by atoms with van der Waals surface area (Å²) in [4.78, 5) is 11.7. The van der Waals surface area contributed by atoms with E-state index in [1.807, 2.05) is 0 Å². The molecule has 1 aromatic rings. The van der Waals surface area contributed by atoms with Crippen molar-refractivity contribution in [2.45, 2.75) is 12.2 Å². The first-order valence-electron chi connectivity index (χ1n) is 5.19. The van der Waals surface area contributed by atoms with Gasteiger partial charge in [-0.1, -0.05) is 0 Å². The number of methoxy groups -OCH3 is 1. The van der Waals surface area contributed by atoms with Crippen molar-refractivity contribution in [3.05, 3.63) is 18.2 Å². The lowest BCUT2D eigenvalue weighted by Gasteiger charge is -2.12. The molecule has 1 amide bonds. The SMILES string of the molecule is COc1ccc(NC(=O)C(C)S(C)(=O)=O)cc1N. The Morgan fingerprint density at radius 3 is 2.50 bits per heavy atom. The molecule has 0 aliphatic carbocycles. The minimum Gasteiger partial charge on any atom is -0.495 e. The van der Waals surface area contributed by atoms with Crippen LogP contribution in [0.25, 0.3) is 0 Å². The van der Waals surface area contributed by atoms with Gasteiger partial charge in [-0.3, -0.25) is 4.79 Å². The Bertz CT molecular complexity index is 554. The van der Waals surface area contributed by atoms with E-state index in [2.05, 4.69) is 5.32 Å². The summed E-state index contributed by atoms with van der Waals surface area (Å²) in [6.45, 7) is 1.33. The molecule has 0 aromatic heterocycles. The standard InChI is InChI=1S/C11H16N2O4S/c1-7(18(3,15)16)11(14)13-8-4-5-10(17-2)9(12)6-8/h4-7H,12H2,1-3H3,(H,13,14). The van der Waals surface area contributed by atoms with Gasteiger partial charge in [-0.25, -0.2) is 8.42 Å². The third-order valence-electron chi connectivity index (χ3n) is 2.51. The molecule has 1 aromatic carbocycles. The second-order valence-corrected chi connectivity index (χ2v) is 6.28. The van der Waals surface area contributed by atoms with Crippen LogP contribution in [0.4, 0.5) is 11.4 Å². The first-order chi connectivity index (χ1) is 8.25. The van der Waals surface area contributed by atoms with Crippen LogP contribution < -0.4 is 15.8 Å². The smallest absolute Gasteiger partial charge is 0.242 e. The van der Waals surface area contributed by atoms with Crippen LogP contribution in [-0.2, 0) is 14.6 Å². The molecular formula is C11H16N2O4S. The monoisotopic (exact) mass is 272 g/mol. The lowest BCUT2D eigenvalue weighted by Crippen LogP contribution is -2.31. The zero-order valence-electron chi connectivity index (χ0n) is 10.4. The van der Waals surface area contributed by atoms with E-state index in [0.29, 0.717) is 17.1 Å². The molecule has 0 radical (unpaired) electrons. The van der Waals surface area contributed by atoms with E-state index in [1.54, 1.807) is 12.1 Å². The fourth-order valence-corrected chi connectivity index (χ4v) is 1.70. The Kier molecular flexibility index (Phi) is 4.18. The highest BCUT2D eigenvalue weighted by Gasteiger charge is 2.23. The number of benzene rings is 1. The van der Waals surface area contributed by atoms with Gasteiger partial charge in [0.05, 0.1) is 12.8 Å². The predicted molar refractivity (Wildman–Crippen MR) is 70.3 cm³/mol. The van der Waals surface area contributed by atoms with Crippen molar-refractivity contribution in [3.63, 3.8) is 0 Å². The summed E-state index contributed by atoms with van der Waals surface area (Å²) in [7, 11) is -1.93. The maximum Gasteiger partial charge on any atom is 0.242 e. The summed E-state index contributed by atoms with van der Waals surface area (Å²) >= 11 is 0.